The average molecular weight is 216 g/mol. The summed E-state index contributed by atoms with van der Waals surface area (Å²) in [6, 6.07) is 0. The van der Waals surface area contributed by atoms with Gasteiger partial charge in [0.1, 0.15) is 0 Å². The lowest BCUT2D eigenvalue weighted by atomic mass is 10.3. The normalized spacial score (nSPS) is 10.5. The molecule has 86 valence electrons. The molecular weight excluding hydrogens is 200 g/mol. The van der Waals surface area contributed by atoms with Crippen LogP contribution < -0.4 is 0 Å². The fraction of sp³-hybridized carbons (Fsp3) is 0.600. The van der Waals surface area contributed by atoms with E-state index in [9.17, 15) is 9.59 Å². The van der Waals surface area contributed by atoms with Crippen molar-refractivity contribution in [1.29, 1.82) is 0 Å². The molecule has 0 heterocycles. The van der Waals surface area contributed by atoms with Crippen LogP contribution in [0.1, 0.15) is 19.8 Å². The van der Waals surface area contributed by atoms with Crippen molar-refractivity contribution < 1.29 is 24.2 Å². The molecule has 0 saturated carbocycles. The standard InChI is InChI=1S/C10H16O5/c1-2-14-7-3-4-8-15-10(13)6-5-9(11)12/h5-6H,2-4,7-8H2,1H3,(H,11,12)/b6-5-. The lowest BCUT2D eigenvalue weighted by Gasteiger charge is -2.02. The predicted molar refractivity (Wildman–Crippen MR) is 53.5 cm³/mol. The summed E-state index contributed by atoms with van der Waals surface area (Å²) in [5, 5.41) is 8.22. The molecule has 0 rings (SSSR count). The maximum Gasteiger partial charge on any atom is 0.331 e. The summed E-state index contributed by atoms with van der Waals surface area (Å²) >= 11 is 0. The second-order valence-corrected chi connectivity index (χ2v) is 2.74. The van der Waals surface area contributed by atoms with Crippen LogP contribution in [0.4, 0.5) is 0 Å². The van der Waals surface area contributed by atoms with E-state index in [2.05, 4.69) is 0 Å². The van der Waals surface area contributed by atoms with Gasteiger partial charge in [0, 0.05) is 25.4 Å². The maximum absolute atomic E-state index is 10.8. The summed E-state index contributed by atoms with van der Waals surface area (Å²) < 4.78 is 9.82. The molecule has 0 aliphatic heterocycles. The number of carbonyl (C=O) groups is 2. The molecule has 0 saturated heterocycles. The van der Waals surface area contributed by atoms with Crippen molar-refractivity contribution in [1.82, 2.24) is 0 Å². The van der Waals surface area contributed by atoms with E-state index in [0.717, 1.165) is 18.6 Å². The van der Waals surface area contributed by atoms with Crippen molar-refractivity contribution >= 4 is 11.9 Å². The largest absolute Gasteiger partial charge is 0.478 e. The van der Waals surface area contributed by atoms with E-state index in [-0.39, 0.29) is 6.61 Å². The topological polar surface area (TPSA) is 72.8 Å². The molecule has 0 aliphatic rings. The van der Waals surface area contributed by atoms with E-state index in [4.69, 9.17) is 14.6 Å². The molecule has 0 amide bonds. The Balaban J connectivity index is 3.35. The Morgan fingerprint density at radius 2 is 1.87 bits per heavy atom. The van der Waals surface area contributed by atoms with Gasteiger partial charge in [0.2, 0.25) is 0 Å². The first-order valence-electron chi connectivity index (χ1n) is 4.82. The number of carboxylic acid groups (broad SMARTS) is 1. The smallest absolute Gasteiger partial charge is 0.331 e. The molecule has 5 heteroatoms. The van der Waals surface area contributed by atoms with Gasteiger partial charge in [-0.1, -0.05) is 0 Å². The Labute approximate surface area is 88.7 Å². The fourth-order valence-electron chi connectivity index (χ4n) is 0.811. The first kappa shape index (κ1) is 13.6. The Hall–Kier alpha value is -1.36. The highest BCUT2D eigenvalue weighted by molar-refractivity contribution is 5.90. The number of ether oxygens (including phenoxy) is 2. The number of carbonyl (C=O) groups excluding carboxylic acids is 1. The third-order valence-electron chi connectivity index (χ3n) is 1.49. The van der Waals surface area contributed by atoms with Gasteiger partial charge in [-0.2, -0.15) is 0 Å². The number of unbranched alkanes of at least 4 members (excludes halogenated alkanes) is 1. The van der Waals surface area contributed by atoms with E-state index in [1.807, 2.05) is 6.92 Å². The number of hydrogen-bond acceptors (Lipinski definition) is 4. The summed E-state index contributed by atoms with van der Waals surface area (Å²) in [6.45, 7) is 3.53. The Morgan fingerprint density at radius 3 is 2.47 bits per heavy atom. The zero-order valence-electron chi connectivity index (χ0n) is 8.77. The van der Waals surface area contributed by atoms with Gasteiger partial charge in [0.25, 0.3) is 0 Å². The number of carboxylic acids is 1. The van der Waals surface area contributed by atoms with Crippen LogP contribution in [0.3, 0.4) is 0 Å². The van der Waals surface area contributed by atoms with Gasteiger partial charge in [-0.25, -0.2) is 9.59 Å². The molecule has 0 aromatic rings. The summed E-state index contributed by atoms with van der Waals surface area (Å²) in [5.41, 5.74) is 0. The summed E-state index contributed by atoms with van der Waals surface area (Å²) in [6.07, 6.45) is 3.18. The number of rotatable bonds is 8. The Bertz CT molecular complexity index is 222. The molecule has 5 nitrogen and oxygen atoms in total. The lowest BCUT2D eigenvalue weighted by Crippen LogP contribution is -2.04. The van der Waals surface area contributed by atoms with Crippen molar-refractivity contribution in [3.8, 4) is 0 Å². The summed E-state index contributed by atoms with van der Waals surface area (Å²) in [4.78, 5) is 20.9. The van der Waals surface area contributed by atoms with Crippen molar-refractivity contribution in [2.24, 2.45) is 0 Å². The lowest BCUT2D eigenvalue weighted by molar-refractivity contribution is -0.138. The molecule has 0 spiro atoms. The molecule has 0 fully saturated rings. The monoisotopic (exact) mass is 216 g/mol. The summed E-state index contributed by atoms with van der Waals surface area (Å²) in [5.74, 6) is -1.79. The van der Waals surface area contributed by atoms with Crippen LogP contribution in [0.5, 0.6) is 0 Å². The van der Waals surface area contributed by atoms with Crippen LogP contribution in [-0.4, -0.2) is 36.9 Å². The second kappa shape index (κ2) is 9.21. The number of esters is 1. The molecule has 0 unspecified atom stereocenters. The highest BCUT2D eigenvalue weighted by Crippen LogP contribution is 1.92. The molecule has 0 atom stereocenters. The molecule has 0 aromatic heterocycles. The van der Waals surface area contributed by atoms with Crippen molar-refractivity contribution in [2.45, 2.75) is 19.8 Å². The molecule has 1 N–H and O–H groups in total. The number of aliphatic carboxylic acids is 1. The van der Waals surface area contributed by atoms with Crippen LogP contribution in [0.15, 0.2) is 12.2 Å². The molecule has 0 aliphatic carbocycles. The Kier molecular flexibility index (Phi) is 8.37. The molecular formula is C10H16O5. The minimum atomic E-state index is -1.16. The van der Waals surface area contributed by atoms with Crippen molar-refractivity contribution in [3.05, 3.63) is 12.2 Å². The minimum Gasteiger partial charge on any atom is -0.478 e. The van der Waals surface area contributed by atoms with Crippen LogP contribution in [0, 0.1) is 0 Å². The van der Waals surface area contributed by atoms with Crippen LogP contribution in [-0.2, 0) is 19.1 Å². The van der Waals surface area contributed by atoms with Gasteiger partial charge < -0.3 is 14.6 Å². The van der Waals surface area contributed by atoms with Gasteiger partial charge in [0.05, 0.1) is 6.61 Å². The molecule has 15 heavy (non-hydrogen) atoms. The van der Waals surface area contributed by atoms with Crippen LogP contribution in [0.2, 0.25) is 0 Å². The maximum atomic E-state index is 10.8. The molecule has 0 aromatic carbocycles. The van der Waals surface area contributed by atoms with E-state index in [1.54, 1.807) is 0 Å². The molecule has 0 bridgehead atoms. The van der Waals surface area contributed by atoms with E-state index in [1.165, 1.54) is 0 Å². The SMILES string of the molecule is CCOCCCCOC(=O)/C=C\C(=O)O. The van der Waals surface area contributed by atoms with E-state index >= 15 is 0 Å². The van der Waals surface area contributed by atoms with Crippen LogP contribution >= 0.6 is 0 Å². The van der Waals surface area contributed by atoms with Crippen molar-refractivity contribution in [3.63, 3.8) is 0 Å². The van der Waals surface area contributed by atoms with E-state index in [0.29, 0.717) is 19.6 Å². The average Bonchev–Trinajstić information content (AvgIpc) is 2.20. The first-order chi connectivity index (χ1) is 7.16. The van der Waals surface area contributed by atoms with Crippen molar-refractivity contribution in [2.75, 3.05) is 19.8 Å². The third kappa shape index (κ3) is 10.6. The quantitative estimate of drug-likeness (QED) is 0.372. The number of hydrogen-bond donors (Lipinski definition) is 1. The summed E-state index contributed by atoms with van der Waals surface area (Å²) in [7, 11) is 0. The first-order valence-corrected chi connectivity index (χ1v) is 4.82. The van der Waals surface area contributed by atoms with Gasteiger partial charge >= 0.3 is 11.9 Å². The molecule has 0 radical (unpaired) electrons. The van der Waals surface area contributed by atoms with Gasteiger partial charge in [0.15, 0.2) is 0 Å². The Morgan fingerprint density at radius 1 is 1.20 bits per heavy atom. The zero-order chi connectivity index (χ0) is 11.5. The third-order valence-corrected chi connectivity index (χ3v) is 1.49. The minimum absolute atomic E-state index is 0.288. The second-order valence-electron chi connectivity index (χ2n) is 2.74. The van der Waals surface area contributed by atoms with Gasteiger partial charge in [-0.05, 0) is 19.8 Å². The van der Waals surface area contributed by atoms with Gasteiger partial charge in [-0.15, -0.1) is 0 Å². The highest BCUT2D eigenvalue weighted by atomic mass is 16.5. The van der Waals surface area contributed by atoms with Crippen LogP contribution in [0.25, 0.3) is 0 Å². The highest BCUT2D eigenvalue weighted by Gasteiger charge is 1.97. The fourth-order valence-corrected chi connectivity index (χ4v) is 0.811. The van der Waals surface area contributed by atoms with E-state index < -0.39 is 11.9 Å². The zero-order valence-corrected chi connectivity index (χ0v) is 8.77. The predicted octanol–water partition coefficient (Wildman–Crippen LogP) is 0.987. The van der Waals surface area contributed by atoms with Gasteiger partial charge in [-0.3, -0.25) is 0 Å².